The monoisotopic (exact) mass is 428 g/mol. The van der Waals surface area contributed by atoms with Crippen molar-refractivity contribution in [2.24, 2.45) is 45.3 Å². The minimum atomic E-state index is -0.527. The van der Waals surface area contributed by atoms with Gasteiger partial charge in [-0.2, -0.15) is 0 Å². The average molecular weight is 429 g/mol. The van der Waals surface area contributed by atoms with Crippen molar-refractivity contribution < 1.29 is 19.1 Å². The van der Waals surface area contributed by atoms with Crippen LogP contribution in [0.2, 0.25) is 0 Å². The molecule has 4 saturated carbocycles. The zero-order valence-electron chi connectivity index (χ0n) is 20.0. The SMILES string of the molecule is CC(=O)O[C@@H]1OC=C2CC[C@@H]3[C@](C)(CC[C@@H]4[C@@]5(C)CCCC(C)(C)[C@@H]5CC[C@@]34C=O)[C@H]21. The summed E-state index contributed by atoms with van der Waals surface area (Å²) >= 11 is 0. The van der Waals surface area contributed by atoms with E-state index < -0.39 is 6.29 Å². The summed E-state index contributed by atoms with van der Waals surface area (Å²) in [5.41, 5.74) is 1.58. The van der Waals surface area contributed by atoms with Crippen LogP contribution in [0.3, 0.4) is 0 Å². The highest BCUT2D eigenvalue weighted by molar-refractivity contribution is 5.66. The minimum Gasteiger partial charge on any atom is -0.462 e. The van der Waals surface area contributed by atoms with Crippen LogP contribution in [0.1, 0.15) is 92.4 Å². The van der Waals surface area contributed by atoms with Gasteiger partial charge >= 0.3 is 5.97 Å². The second-order valence-electron chi connectivity index (χ2n) is 12.6. The van der Waals surface area contributed by atoms with Gasteiger partial charge in [-0.15, -0.1) is 0 Å². The van der Waals surface area contributed by atoms with Crippen molar-refractivity contribution in [3.05, 3.63) is 11.8 Å². The molecule has 0 aromatic carbocycles. The van der Waals surface area contributed by atoms with E-state index in [1.54, 1.807) is 0 Å². The van der Waals surface area contributed by atoms with Crippen molar-refractivity contribution in [1.29, 1.82) is 0 Å². The molecular formula is C27H40O4. The van der Waals surface area contributed by atoms with Crippen molar-refractivity contribution in [3.8, 4) is 0 Å². The van der Waals surface area contributed by atoms with Crippen LogP contribution >= 0.6 is 0 Å². The van der Waals surface area contributed by atoms with Gasteiger partial charge in [-0.05, 0) is 90.9 Å². The molecule has 4 fully saturated rings. The third-order valence-electron chi connectivity index (χ3n) is 11.0. The fraction of sp³-hybridized carbons (Fsp3) is 0.852. The van der Waals surface area contributed by atoms with E-state index in [4.69, 9.17) is 9.47 Å². The minimum absolute atomic E-state index is 0.0640. The Morgan fingerprint density at radius 1 is 1.00 bits per heavy atom. The highest BCUT2D eigenvalue weighted by Crippen LogP contribution is 2.73. The summed E-state index contributed by atoms with van der Waals surface area (Å²) in [4.78, 5) is 24.9. The number of ether oxygens (including phenoxy) is 2. The lowest BCUT2D eigenvalue weighted by Crippen LogP contribution is -2.64. The van der Waals surface area contributed by atoms with Gasteiger partial charge in [0.05, 0.1) is 12.2 Å². The standard InChI is InChI=1S/C27H40O4/c1-17(29)31-23-22-18(15-30-23)7-8-20-26(22,5)13-9-21-25(4)12-6-11-24(2,3)19(25)10-14-27(20,21)16-28/h15-16,19-23H,6-14H2,1-5H3/t19-,20+,21+,22+,23-,25-,26-,27+/m0/s1. The van der Waals surface area contributed by atoms with Crippen LogP contribution in [-0.2, 0) is 19.1 Å². The molecule has 0 radical (unpaired) electrons. The van der Waals surface area contributed by atoms with Gasteiger partial charge in [0, 0.05) is 12.3 Å². The number of carbonyl (C=O) groups excluding carboxylic acids is 2. The molecule has 0 aromatic heterocycles. The predicted molar refractivity (Wildman–Crippen MR) is 119 cm³/mol. The zero-order valence-corrected chi connectivity index (χ0v) is 20.0. The van der Waals surface area contributed by atoms with E-state index >= 15 is 0 Å². The van der Waals surface area contributed by atoms with Crippen LogP contribution in [0, 0.1) is 45.3 Å². The van der Waals surface area contributed by atoms with Crippen LogP contribution in [0.5, 0.6) is 0 Å². The van der Waals surface area contributed by atoms with E-state index in [1.807, 2.05) is 6.26 Å². The predicted octanol–water partition coefficient (Wildman–Crippen LogP) is 6.04. The molecule has 8 atom stereocenters. The number of esters is 1. The first-order valence-electron chi connectivity index (χ1n) is 12.6. The fourth-order valence-electron chi connectivity index (χ4n) is 9.94. The molecule has 31 heavy (non-hydrogen) atoms. The third-order valence-corrected chi connectivity index (χ3v) is 11.0. The lowest BCUT2D eigenvalue weighted by atomic mass is 9.35. The summed E-state index contributed by atoms with van der Waals surface area (Å²) in [7, 11) is 0. The van der Waals surface area contributed by atoms with Gasteiger partial charge in [0.25, 0.3) is 0 Å². The van der Waals surface area contributed by atoms with Crippen LogP contribution in [0.15, 0.2) is 11.8 Å². The quantitative estimate of drug-likeness (QED) is 0.397. The molecule has 172 valence electrons. The van der Waals surface area contributed by atoms with Crippen molar-refractivity contribution in [2.75, 3.05) is 0 Å². The maximum absolute atomic E-state index is 13.1. The molecule has 0 spiro atoms. The second kappa shape index (κ2) is 6.84. The smallest absolute Gasteiger partial charge is 0.305 e. The molecule has 0 aromatic rings. The first kappa shape index (κ1) is 21.5. The normalized spacial score (nSPS) is 50.0. The topological polar surface area (TPSA) is 52.6 Å². The Morgan fingerprint density at radius 3 is 2.42 bits per heavy atom. The second-order valence-corrected chi connectivity index (χ2v) is 12.6. The summed E-state index contributed by atoms with van der Waals surface area (Å²) in [5.74, 6) is 1.30. The Bertz CT molecular complexity index is 814. The number of hydrogen-bond acceptors (Lipinski definition) is 4. The molecule has 0 saturated heterocycles. The summed E-state index contributed by atoms with van der Waals surface area (Å²) in [5, 5.41) is 0. The van der Waals surface area contributed by atoms with E-state index in [0.29, 0.717) is 23.2 Å². The van der Waals surface area contributed by atoms with Crippen LogP contribution < -0.4 is 0 Å². The highest BCUT2D eigenvalue weighted by atomic mass is 16.7. The van der Waals surface area contributed by atoms with Gasteiger partial charge in [-0.1, -0.05) is 34.1 Å². The molecule has 1 heterocycles. The van der Waals surface area contributed by atoms with Crippen LogP contribution in [0.4, 0.5) is 0 Å². The fourth-order valence-corrected chi connectivity index (χ4v) is 9.94. The summed E-state index contributed by atoms with van der Waals surface area (Å²) in [6.07, 6.45) is 13.0. The Kier molecular flexibility index (Phi) is 4.75. The summed E-state index contributed by atoms with van der Waals surface area (Å²) < 4.78 is 11.5. The molecule has 4 nitrogen and oxygen atoms in total. The first-order chi connectivity index (χ1) is 14.6. The Balaban J connectivity index is 1.54. The van der Waals surface area contributed by atoms with Crippen molar-refractivity contribution >= 4 is 12.3 Å². The number of carbonyl (C=O) groups is 2. The number of hydrogen-bond donors (Lipinski definition) is 0. The van der Waals surface area contributed by atoms with Crippen LogP contribution in [0.25, 0.3) is 0 Å². The molecule has 1 aliphatic heterocycles. The van der Waals surface area contributed by atoms with E-state index in [-0.39, 0.29) is 28.1 Å². The Labute approximate surface area is 187 Å². The number of aldehydes is 1. The lowest BCUT2D eigenvalue weighted by molar-refractivity contribution is -0.221. The van der Waals surface area contributed by atoms with Gasteiger partial charge in [-0.3, -0.25) is 4.79 Å². The summed E-state index contributed by atoms with van der Waals surface area (Å²) in [6.45, 7) is 11.3. The van der Waals surface area contributed by atoms with E-state index in [2.05, 4.69) is 27.7 Å². The van der Waals surface area contributed by atoms with Crippen molar-refractivity contribution in [2.45, 2.75) is 98.7 Å². The molecular weight excluding hydrogens is 388 g/mol. The first-order valence-corrected chi connectivity index (χ1v) is 12.6. The Morgan fingerprint density at radius 2 is 1.71 bits per heavy atom. The van der Waals surface area contributed by atoms with E-state index in [0.717, 1.165) is 32.1 Å². The van der Waals surface area contributed by atoms with Crippen LogP contribution in [-0.4, -0.2) is 18.5 Å². The molecule has 5 rings (SSSR count). The molecule has 0 bridgehead atoms. The van der Waals surface area contributed by atoms with E-state index in [1.165, 1.54) is 44.5 Å². The van der Waals surface area contributed by atoms with Crippen molar-refractivity contribution in [3.63, 3.8) is 0 Å². The van der Waals surface area contributed by atoms with Gasteiger partial charge in [0.1, 0.15) is 6.29 Å². The number of rotatable bonds is 2. The maximum Gasteiger partial charge on any atom is 0.305 e. The van der Waals surface area contributed by atoms with Crippen molar-refractivity contribution in [1.82, 2.24) is 0 Å². The van der Waals surface area contributed by atoms with Gasteiger partial charge < -0.3 is 14.3 Å². The molecule has 5 aliphatic rings. The Hall–Kier alpha value is -1.32. The van der Waals surface area contributed by atoms with E-state index in [9.17, 15) is 9.59 Å². The van der Waals surface area contributed by atoms with Gasteiger partial charge in [-0.25, -0.2) is 0 Å². The maximum atomic E-state index is 13.1. The van der Waals surface area contributed by atoms with Gasteiger partial charge in [0.15, 0.2) is 0 Å². The zero-order chi connectivity index (χ0) is 22.2. The molecule has 4 aliphatic carbocycles. The molecule has 4 heteroatoms. The number of fused-ring (bicyclic) bond motifs is 7. The highest BCUT2D eigenvalue weighted by Gasteiger charge is 2.69. The average Bonchev–Trinajstić information content (AvgIpc) is 3.10. The molecule has 0 N–H and O–H groups in total. The largest absolute Gasteiger partial charge is 0.462 e. The lowest BCUT2D eigenvalue weighted by Gasteiger charge is -2.69. The summed E-state index contributed by atoms with van der Waals surface area (Å²) in [6, 6.07) is 0. The third kappa shape index (κ3) is 2.78. The van der Waals surface area contributed by atoms with Gasteiger partial charge in [0.2, 0.25) is 6.29 Å². The molecule has 0 unspecified atom stereocenters. The molecule has 0 amide bonds.